The first-order valence-electron chi connectivity index (χ1n) is 5.84. The highest BCUT2D eigenvalue weighted by Crippen LogP contribution is 2.11. The maximum Gasteiger partial charge on any atom is 0.317 e. The van der Waals surface area contributed by atoms with Crippen LogP contribution in [0.2, 0.25) is 0 Å². The minimum absolute atomic E-state index is 0.128. The Morgan fingerprint density at radius 3 is 2.74 bits per heavy atom. The van der Waals surface area contributed by atoms with Crippen LogP contribution in [0.5, 0.6) is 0 Å². The van der Waals surface area contributed by atoms with Crippen molar-refractivity contribution in [2.45, 2.75) is 13.1 Å². The fourth-order valence-electron chi connectivity index (χ4n) is 1.88. The number of furan rings is 1. The number of hydrogen-bond acceptors (Lipinski definition) is 3. The first-order chi connectivity index (χ1) is 9.13. The van der Waals surface area contributed by atoms with E-state index in [2.05, 4.69) is 0 Å². The third kappa shape index (κ3) is 4.22. The molecule has 1 heterocycles. The molecule has 19 heavy (non-hydrogen) atoms. The Morgan fingerprint density at radius 1 is 1.26 bits per heavy atom. The molecule has 0 atom stereocenters. The molecule has 5 heteroatoms. The molecule has 0 aliphatic rings. The molecule has 100 valence electrons. The lowest BCUT2D eigenvalue weighted by Crippen LogP contribution is -2.28. The van der Waals surface area contributed by atoms with Gasteiger partial charge in [-0.1, -0.05) is 12.1 Å². The molecule has 1 N–H and O–H groups in total. The predicted octanol–water partition coefficient (Wildman–Crippen LogP) is 2.51. The van der Waals surface area contributed by atoms with Gasteiger partial charge in [0.25, 0.3) is 0 Å². The van der Waals surface area contributed by atoms with Gasteiger partial charge in [0.1, 0.15) is 11.6 Å². The predicted molar refractivity (Wildman–Crippen MR) is 66.9 cm³/mol. The molecule has 0 amide bonds. The summed E-state index contributed by atoms with van der Waals surface area (Å²) in [5.74, 6) is -0.577. The molecule has 0 aliphatic carbocycles. The van der Waals surface area contributed by atoms with Crippen LogP contribution in [0.15, 0.2) is 47.1 Å². The summed E-state index contributed by atoms with van der Waals surface area (Å²) in [5, 5.41) is 8.90. The Hall–Kier alpha value is -2.14. The zero-order valence-electron chi connectivity index (χ0n) is 10.3. The highest BCUT2D eigenvalue weighted by Gasteiger charge is 2.12. The molecule has 4 nitrogen and oxygen atoms in total. The number of aliphatic carboxylic acids is 1. The highest BCUT2D eigenvalue weighted by molar-refractivity contribution is 5.69. The normalized spacial score (nSPS) is 10.8. The van der Waals surface area contributed by atoms with Crippen molar-refractivity contribution in [1.82, 2.24) is 4.90 Å². The minimum atomic E-state index is -0.928. The molecular formula is C14H14FNO3. The maximum absolute atomic E-state index is 13.1. The third-order valence-electron chi connectivity index (χ3n) is 2.61. The Morgan fingerprint density at radius 2 is 2.11 bits per heavy atom. The number of carbonyl (C=O) groups is 1. The van der Waals surface area contributed by atoms with Crippen LogP contribution in [0.3, 0.4) is 0 Å². The molecule has 1 aromatic carbocycles. The smallest absolute Gasteiger partial charge is 0.317 e. The Kier molecular flexibility index (Phi) is 4.30. The van der Waals surface area contributed by atoms with Crippen molar-refractivity contribution in [3.05, 3.63) is 59.8 Å². The van der Waals surface area contributed by atoms with Crippen molar-refractivity contribution in [3.63, 3.8) is 0 Å². The molecule has 1 aromatic heterocycles. The number of carboxylic acid groups (broad SMARTS) is 1. The van der Waals surface area contributed by atoms with Gasteiger partial charge in [0.05, 0.1) is 19.4 Å². The maximum atomic E-state index is 13.1. The Labute approximate surface area is 110 Å². The van der Waals surface area contributed by atoms with Gasteiger partial charge in [-0.25, -0.2) is 4.39 Å². The zero-order chi connectivity index (χ0) is 13.7. The quantitative estimate of drug-likeness (QED) is 0.870. The standard InChI is InChI=1S/C14H14FNO3/c15-12-4-1-3-11(7-12)8-16(10-14(17)18)9-13-5-2-6-19-13/h1-7H,8-10H2,(H,17,18). The van der Waals surface area contributed by atoms with Crippen LogP contribution in [0, 0.1) is 5.82 Å². The second-order valence-corrected chi connectivity index (χ2v) is 4.25. The number of halogens is 1. The summed E-state index contributed by atoms with van der Waals surface area (Å²) in [4.78, 5) is 12.5. The minimum Gasteiger partial charge on any atom is -0.480 e. The number of nitrogens with zero attached hydrogens (tertiary/aromatic N) is 1. The molecule has 0 saturated heterocycles. The Balaban J connectivity index is 2.07. The highest BCUT2D eigenvalue weighted by atomic mass is 19.1. The Bertz CT molecular complexity index is 539. The molecule has 0 spiro atoms. The lowest BCUT2D eigenvalue weighted by atomic mass is 10.2. The number of carboxylic acids is 1. The molecular weight excluding hydrogens is 249 g/mol. The fourth-order valence-corrected chi connectivity index (χ4v) is 1.88. The molecule has 0 aliphatic heterocycles. The van der Waals surface area contributed by atoms with E-state index in [1.165, 1.54) is 18.4 Å². The molecule has 0 saturated carbocycles. The summed E-state index contributed by atoms with van der Waals surface area (Å²) in [6.07, 6.45) is 1.54. The van der Waals surface area contributed by atoms with E-state index in [0.717, 1.165) is 5.56 Å². The number of benzene rings is 1. The van der Waals surface area contributed by atoms with E-state index in [1.807, 2.05) is 0 Å². The SMILES string of the molecule is O=C(O)CN(Cc1cccc(F)c1)Cc1ccco1. The third-order valence-corrected chi connectivity index (χ3v) is 2.61. The lowest BCUT2D eigenvalue weighted by Gasteiger charge is -2.19. The molecule has 0 bridgehead atoms. The average molecular weight is 263 g/mol. The van der Waals surface area contributed by atoms with E-state index in [4.69, 9.17) is 9.52 Å². The molecule has 0 unspecified atom stereocenters. The zero-order valence-corrected chi connectivity index (χ0v) is 10.3. The van der Waals surface area contributed by atoms with Crippen LogP contribution in [-0.2, 0) is 17.9 Å². The van der Waals surface area contributed by atoms with Crippen LogP contribution in [0.1, 0.15) is 11.3 Å². The van der Waals surface area contributed by atoms with Crippen molar-refractivity contribution in [2.75, 3.05) is 6.54 Å². The van der Waals surface area contributed by atoms with Gasteiger partial charge in [-0.05, 0) is 29.8 Å². The van der Waals surface area contributed by atoms with E-state index < -0.39 is 5.97 Å². The van der Waals surface area contributed by atoms with Crippen molar-refractivity contribution in [1.29, 1.82) is 0 Å². The number of hydrogen-bond donors (Lipinski definition) is 1. The summed E-state index contributed by atoms with van der Waals surface area (Å²) in [7, 11) is 0. The van der Waals surface area contributed by atoms with Gasteiger partial charge >= 0.3 is 5.97 Å². The second-order valence-electron chi connectivity index (χ2n) is 4.25. The van der Waals surface area contributed by atoms with Crippen LogP contribution in [-0.4, -0.2) is 22.5 Å². The molecule has 2 rings (SSSR count). The van der Waals surface area contributed by atoms with Gasteiger partial charge in [0.15, 0.2) is 0 Å². The van der Waals surface area contributed by atoms with Gasteiger partial charge in [-0.3, -0.25) is 9.69 Å². The van der Waals surface area contributed by atoms with Gasteiger partial charge < -0.3 is 9.52 Å². The van der Waals surface area contributed by atoms with E-state index in [-0.39, 0.29) is 12.4 Å². The summed E-state index contributed by atoms with van der Waals surface area (Å²) in [5.41, 5.74) is 0.729. The van der Waals surface area contributed by atoms with Crippen molar-refractivity contribution in [3.8, 4) is 0 Å². The monoisotopic (exact) mass is 263 g/mol. The summed E-state index contributed by atoms with van der Waals surface area (Å²) < 4.78 is 18.3. The van der Waals surface area contributed by atoms with Gasteiger partial charge in [0.2, 0.25) is 0 Å². The second kappa shape index (κ2) is 6.15. The van der Waals surface area contributed by atoms with Crippen LogP contribution in [0.4, 0.5) is 4.39 Å². The average Bonchev–Trinajstić information content (AvgIpc) is 2.80. The molecule has 2 aromatic rings. The summed E-state index contributed by atoms with van der Waals surface area (Å²) >= 11 is 0. The summed E-state index contributed by atoms with van der Waals surface area (Å²) in [6, 6.07) is 9.65. The molecule has 0 radical (unpaired) electrons. The van der Waals surface area contributed by atoms with Gasteiger partial charge in [-0.2, -0.15) is 0 Å². The van der Waals surface area contributed by atoms with Crippen LogP contribution < -0.4 is 0 Å². The largest absolute Gasteiger partial charge is 0.480 e. The fraction of sp³-hybridized carbons (Fsp3) is 0.214. The van der Waals surface area contributed by atoms with Gasteiger partial charge in [0, 0.05) is 6.54 Å². The topological polar surface area (TPSA) is 53.7 Å². The molecule has 0 fully saturated rings. The van der Waals surface area contributed by atoms with Crippen molar-refractivity contribution >= 4 is 5.97 Å². The number of rotatable bonds is 6. The lowest BCUT2D eigenvalue weighted by molar-refractivity contribution is -0.138. The summed E-state index contributed by atoms with van der Waals surface area (Å²) in [6.45, 7) is 0.595. The van der Waals surface area contributed by atoms with Gasteiger partial charge in [-0.15, -0.1) is 0 Å². The first-order valence-corrected chi connectivity index (χ1v) is 5.84. The van der Waals surface area contributed by atoms with Crippen LogP contribution in [0.25, 0.3) is 0 Å². The van der Waals surface area contributed by atoms with Crippen molar-refractivity contribution < 1.29 is 18.7 Å². The van der Waals surface area contributed by atoms with Crippen molar-refractivity contribution in [2.24, 2.45) is 0 Å². The van der Waals surface area contributed by atoms with E-state index in [1.54, 1.807) is 29.2 Å². The van der Waals surface area contributed by atoms with E-state index >= 15 is 0 Å². The van der Waals surface area contributed by atoms with E-state index in [0.29, 0.717) is 18.8 Å². The first kappa shape index (κ1) is 13.3. The van der Waals surface area contributed by atoms with E-state index in [9.17, 15) is 9.18 Å². The van der Waals surface area contributed by atoms with Crippen LogP contribution >= 0.6 is 0 Å².